The summed E-state index contributed by atoms with van der Waals surface area (Å²) < 4.78 is 40.4. The van der Waals surface area contributed by atoms with Gasteiger partial charge in [-0.15, -0.1) is 0 Å². The lowest BCUT2D eigenvalue weighted by molar-refractivity contribution is -0.153. The Hall–Kier alpha value is -1.47. The molecule has 1 aromatic rings. The van der Waals surface area contributed by atoms with Crippen LogP contribution in [0.1, 0.15) is 18.6 Å². The maximum absolute atomic E-state index is 13.5. The molecule has 0 radical (unpaired) electrons. The lowest BCUT2D eigenvalue weighted by Gasteiger charge is -2.10. The van der Waals surface area contributed by atoms with E-state index in [1.807, 2.05) is 0 Å². The minimum atomic E-state index is -3.68. The first-order chi connectivity index (χ1) is 8.27. The van der Waals surface area contributed by atoms with E-state index in [4.69, 9.17) is 0 Å². The van der Waals surface area contributed by atoms with Gasteiger partial charge in [-0.2, -0.15) is 0 Å². The topological polar surface area (TPSA) is 80.7 Å². The number of carbonyl (C=O) groups is 1. The molecule has 0 spiro atoms. The fraction of sp³-hybridized carbons (Fsp3) is 0.364. The lowest BCUT2D eigenvalue weighted by Crippen LogP contribution is -2.16. The number of aliphatic hydroxyl groups excluding tert-OH is 1. The van der Waals surface area contributed by atoms with Crippen molar-refractivity contribution in [3.05, 3.63) is 29.6 Å². The summed E-state index contributed by atoms with van der Waals surface area (Å²) in [5.74, 6) is -1.93. The van der Waals surface area contributed by atoms with Gasteiger partial charge in [-0.05, 0) is 24.6 Å². The number of benzene rings is 1. The first-order valence-electron chi connectivity index (χ1n) is 5.11. The summed E-state index contributed by atoms with van der Waals surface area (Å²) in [6.45, 7) is 1.65. The van der Waals surface area contributed by atoms with Gasteiger partial charge >= 0.3 is 5.97 Å². The Morgan fingerprint density at radius 3 is 2.56 bits per heavy atom. The van der Waals surface area contributed by atoms with Gasteiger partial charge in [0.1, 0.15) is 10.7 Å². The van der Waals surface area contributed by atoms with Gasteiger partial charge in [-0.25, -0.2) is 17.6 Å². The third-order valence-electron chi connectivity index (χ3n) is 2.18. The van der Waals surface area contributed by atoms with Crippen LogP contribution in [0.25, 0.3) is 0 Å². The molecule has 0 saturated carbocycles. The minimum Gasteiger partial charge on any atom is -0.464 e. The number of esters is 1. The summed E-state index contributed by atoms with van der Waals surface area (Å²) in [5.41, 5.74) is -0.0571. The van der Waals surface area contributed by atoms with Crippen molar-refractivity contribution in [2.45, 2.75) is 17.9 Å². The van der Waals surface area contributed by atoms with Crippen LogP contribution in [0.2, 0.25) is 0 Å². The molecule has 0 aromatic heterocycles. The largest absolute Gasteiger partial charge is 0.464 e. The molecule has 5 nitrogen and oxygen atoms in total. The molecule has 7 heteroatoms. The average molecular weight is 276 g/mol. The van der Waals surface area contributed by atoms with Gasteiger partial charge in [-0.3, -0.25) is 0 Å². The van der Waals surface area contributed by atoms with Crippen molar-refractivity contribution in [3.63, 3.8) is 0 Å². The standard InChI is InChI=1S/C11H13FO5S/c1-3-17-11(14)10(13)7-4-5-9(8(12)6-7)18(2,15)16/h4-6,10,13H,3H2,1-2H3. The number of ether oxygens (including phenoxy) is 1. The number of aliphatic hydroxyl groups is 1. The monoisotopic (exact) mass is 276 g/mol. The summed E-state index contributed by atoms with van der Waals surface area (Å²) in [6.07, 6.45) is -0.764. The van der Waals surface area contributed by atoms with Crippen molar-refractivity contribution in [1.82, 2.24) is 0 Å². The van der Waals surface area contributed by atoms with Crippen molar-refractivity contribution >= 4 is 15.8 Å². The molecule has 0 amide bonds. The molecule has 1 N–H and O–H groups in total. The highest BCUT2D eigenvalue weighted by molar-refractivity contribution is 7.90. The molecule has 18 heavy (non-hydrogen) atoms. The SMILES string of the molecule is CCOC(=O)C(O)c1ccc(S(C)(=O)=O)c(F)c1. The van der Waals surface area contributed by atoms with Crippen LogP contribution in [0.3, 0.4) is 0 Å². The van der Waals surface area contributed by atoms with E-state index in [1.165, 1.54) is 6.07 Å². The smallest absolute Gasteiger partial charge is 0.339 e. The molecule has 1 aromatic carbocycles. The molecule has 1 unspecified atom stereocenters. The maximum atomic E-state index is 13.5. The van der Waals surface area contributed by atoms with E-state index in [9.17, 15) is 22.7 Å². The molecule has 0 fully saturated rings. The summed E-state index contributed by atoms with van der Waals surface area (Å²) in [5, 5.41) is 9.55. The lowest BCUT2D eigenvalue weighted by atomic mass is 10.1. The molecular formula is C11H13FO5S. The summed E-state index contributed by atoms with van der Waals surface area (Å²) >= 11 is 0. The van der Waals surface area contributed by atoms with Gasteiger partial charge < -0.3 is 9.84 Å². The van der Waals surface area contributed by atoms with Crippen molar-refractivity contribution in [2.24, 2.45) is 0 Å². The maximum Gasteiger partial charge on any atom is 0.339 e. The second-order valence-corrected chi connectivity index (χ2v) is 5.60. The van der Waals surface area contributed by atoms with Crippen LogP contribution < -0.4 is 0 Å². The zero-order valence-corrected chi connectivity index (χ0v) is 10.7. The second-order valence-electron chi connectivity index (χ2n) is 3.62. The van der Waals surface area contributed by atoms with Crippen LogP contribution in [0.15, 0.2) is 23.1 Å². The van der Waals surface area contributed by atoms with Crippen LogP contribution in [-0.4, -0.2) is 32.4 Å². The van der Waals surface area contributed by atoms with E-state index >= 15 is 0 Å². The molecular weight excluding hydrogens is 263 g/mol. The van der Waals surface area contributed by atoms with Crippen LogP contribution in [0.5, 0.6) is 0 Å². The zero-order chi connectivity index (χ0) is 13.9. The van der Waals surface area contributed by atoms with E-state index < -0.39 is 32.6 Å². The highest BCUT2D eigenvalue weighted by Crippen LogP contribution is 2.21. The first kappa shape index (κ1) is 14.6. The van der Waals surface area contributed by atoms with Crippen molar-refractivity contribution < 1.29 is 27.4 Å². The second kappa shape index (κ2) is 5.45. The molecule has 1 rings (SSSR count). The van der Waals surface area contributed by atoms with E-state index in [0.717, 1.165) is 18.4 Å². The number of halogens is 1. The quantitative estimate of drug-likeness (QED) is 0.824. The van der Waals surface area contributed by atoms with Crippen molar-refractivity contribution in [1.29, 1.82) is 0 Å². The van der Waals surface area contributed by atoms with Gasteiger partial charge in [-0.1, -0.05) is 6.07 Å². The summed E-state index contributed by atoms with van der Waals surface area (Å²) in [4.78, 5) is 10.7. The number of hydrogen-bond donors (Lipinski definition) is 1. The number of sulfone groups is 1. The number of carbonyl (C=O) groups excluding carboxylic acids is 1. The fourth-order valence-electron chi connectivity index (χ4n) is 1.35. The van der Waals surface area contributed by atoms with Crippen molar-refractivity contribution in [2.75, 3.05) is 12.9 Å². The molecule has 0 bridgehead atoms. The third-order valence-corrected chi connectivity index (χ3v) is 3.31. The zero-order valence-electron chi connectivity index (χ0n) is 9.88. The van der Waals surface area contributed by atoms with Crippen molar-refractivity contribution in [3.8, 4) is 0 Å². The third kappa shape index (κ3) is 3.27. The van der Waals surface area contributed by atoms with E-state index in [2.05, 4.69) is 4.74 Å². The number of hydrogen-bond acceptors (Lipinski definition) is 5. The molecule has 0 saturated heterocycles. The Morgan fingerprint density at radius 1 is 1.50 bits per heavy atom. The number of rotatable bonds is 4. The molecule has 100 valence electrons. The Morgan fingerprint density at radius 2 is 2.11 bits per heavy atom. The predicted octanol–water partition coefficient (Wildman–Crippen LogP) is 0.826. The molecule has 0 heterocycles. The van der Waals surface area contributed by atoms with Gasteiger partial charge in [0.15, 0.2) is 15.9 Å². The molecule has 0 aliphatic carbocycles. The van der Waals surface area contributed by atoms with Crippen LogP contribution in [0.4, 0.5) is 4.39 Å². The van der Waals surface area contributed by atoms with E-state index in [1.54, 1.807) is 6.92 Å². The fourth-order valence-corrected chi connectivity index (χ4v) is 2.07. The summed E-state index contributed by atoms with van der Waals surface area (Å²) in [6, 6.07) is 2.97. The Labute approximate surface area is 104 Å². The van der Waals surface area contributed by atoms with E-state index in [-0.39, 0.29) is 12.2 Å². The average Bonchev–Trinajstić information content (AvgIpc) is 2.26. The minimum absolute atomic E-state index is 0.0571. The van der Waals surface area contributed by atoms with Gasteiger partial charge in [0.25, 0.3) is 0 Å². The molecule has 0 aliphatic heterocycles. The van der Waals surface area contributed by atoms with Gasteiger partial charge in [0, 0.05) is 6.26 Å². The van der Waals surface area contributed by atoms with Gasteiger partial charge in [0.05, 0.1) is 6.61 Å². The van der Waals surface area contributed by atoms with Gasteiger partial charge in [0.2, 0.25) is 0 Å². The summed E-state index contributed by atoms with van der Waals surface area (Å²) in [7, 11) is -3.68. The van der Waals surface area contributed by atoms with Crippen LogP contribution >= 0.6 is 0 Å². The molecule has 1 atom stereocenters. The Balaban J connectivity index is 3.09. The Kier molecular flexibility index (Phi) is 4.42. The Bertz CT molecular complexity index is 553. The highest BCUT2D eigenvalue weighted by Gasteiger charge is 2.21. The van der Waals surface area contributed by atoms with E-state index in [0.29, 0.717) is 0 Å². The predicted molar refractivity (Wildman–Crippen MR) is 61.1 cm³/mol. The van der Waals surface area contributed by atoms with Crippen LogP contribution in [0, 0.1) is 5.82 Å². The molecule has 0 aliphatic rings. The highest BCUT2D eigenvalue weighted by atomic mass is 32.2. The normalized spacial score (nSPS) is 13.1. The van der Waals surface area contributed by atoms with Crippen LogP contribution in [-0.2, 0) is 19.4 Å². The first-order valence-corrected chi connectivity index (χ1v) is 7.00.